The van der Waals surface area contributed by atoms with Gasteiger partial charge < -0.3 is 5.32 Å². The molecule has 1 saturated carbocycles. The predicted octanol–water partition coefficient (Wildman–Crippen LogP) is 4.32. The molecule has 0 aliphatic heterocycles. The van der Waals surface area contributed by atoms with Crippen molar-refractivity contribution in [2.45, 2.75) is 32.7 Å². The lowest BCUT2D eigenvalue weighted by molar-refractivity contribution is 0.102. The summed E-state index contributed by atoms with van der Waals surface area (Å²) in [6, 6.07) is 5.60. The summed E-state index contributed by atoms with van der Waals surface area (Å²) in [7, 11) is 0. The highest BCUT2D eigenvalue weighted by atomic mass is 35.5. The van der Waals surface area contributed by atoms with Gasteiger partial charge in [0.1, 0.15) is 10.2 Å². The molecule has 1 aliphatic carbocycles. The van der Waals surface area contributed by atoms with Crippen LogP contribution in [0.1, 0.15) is 39.7 Å². The standard InChI is InChI=1S/C18H16ClN3O2S/c1-9-3-4-11(19)7-13(9)21-17(23)14-10(2)25-16-15(14)20-8-22(18(16)24)12-5-6-12/h3-4,7-8,12H,5-6H2,1-2H3,(H,21,23). The lowest BCUT2D eigenvalue weighted by atomic mass is 10.1. The van der Waals surface area contributed by atoms with Crippen molar-refractivity contribution in [2.24, 2.45) is 0 Å². The number of nitrogens with one attached hydrogen (secondary N) is 1. The first-order chi connectivity index (χ1) is 12.0. The van der Waals surface area contributed by atoms with Crippen LogP contribution < -0.4 is 10.9 Å². The number of thiophene rings is 1. The molecule has 0 saturated heterocycles. The van der Waals surface area contributed by atoms with Crippen molar-refractivity contribution >= 4 is 44.7 Å². The minimum absolute atomic E-state index is 0.0569. The average Bonchev–Trinajstić information content (AvgIpc) is 3.33. The summed E-state index contributed by atoms with van der Waals surface area (Å²) in [6.45, 7) is 3.74. The van der Waals surface area contributed by atoms with Gasteiger partial charge in [-0.15, -0.1) is 11.3 Å². The van der Waals surface area contributed by atoms with E-state index in [-0.39, 0.29) is 17.5 Å². The monoisotopic (exact) mass is 373 g/mol. The Morgan fingerprint density at radius 2 is 2.12 bits per heavy atom. The third kappa shape index (κ3) is 2.85. The lowest BCUT2D eigenvalue weighted by Crippen LogP contribution is -2.19. The Kier molecular flexibility index (Phi) is 3.89. The number of carbonyl (C=O) groups is 1. The fraction of sp³-hybridized carbons (Fsp3) is 0.278. The van der Waals surface area contributed by atoms with Crippen LogP contribution in [0.2, 0.25) is 5.02 Å². The van der Waals surface area contributed by atoms with Gasteiger partial charge in [0.05, 0.1) is 11.9 Å². The van der Waals surface area contributed by atoms with Gasteiger partial charge in [-0.05, 0) is 44.4 Å². The van der Waals surface area contributed by atoms with Crippen LogP contribution in [-0.2, 0) is 0 Å². The average molecular weight is 374 g/mol. The Labute approximate surface area is 153 Å². The summed E-state index contributed by atoms with van der Waals surface area (Å²) in [5.74, 6) is -0.273. The third-order valence-corrected chi connectivity index (χ3v) is 5.73. The second-order valence-corrected chi connectivity index (χ2v) is 7.97. The van der Waals surface area contributed by atoms with Gasteiger partial charge in [0.25, 0.3) is 11.5 Å². The van der Waals surface area contributed by atoms with E-state index < -0.39 is 0 Å². The number of halogens is 1. The molecular weight excluding hydrogens is 358 g/mol. The summed E-state index contributed by atoms with van der Waals surface area (Å²) >= 11 is 7.35. The second kappa shape index (κ2) is 5.97. The Balaban J connectivity index is 1.77. The number of hydrogen-bond donors (Lipinski definition) is 1. The molecule has 4 rings (SSSR count). The zero-order valence-electron chi connectivity index (χ0n) is 13.8. The molecule has 0 atom stereocenters. The number of aromatic nitrogens is 2. The maximum atomic E-state index is 12.8. The molecule has 1 amide bonds. The molecule has 2 heterocycles. The highest BCUT2D eigenvalue weighted by Crippen LogP contribution is 2.35. The number of amides is 1. The molecule has 1 N–H and O–H groups in total. The van der Waals surface area contributed by atoms with Crippen LogP contribution in [0.3, 0.4) is 0 Å². The highest BCUT2D eigenvalue weighted by molar-refractivity contribution is 7.19. The minimum Gasteiger partial charge on any atom is -0.322 e. The van der Waals surface area contributed by atoms with E-state index in [9.17, 15) is 9.59 Å². The fourth-order valence-electron chi connectivity index (χ4n) is 2.88. The van der Waals surface area contributed by atoms with E-state index in [1.165, 1.54) is 11.3 Å². The Hall–Kier alpha value is -2.18. The molecule has 128 valence electrons. The molecular formula is C18H16ClN3O2S. The largest absolute Gasteiger partial charge is 0.322 e. The molecule has 7 heteroatoms. The van der Waals surface area contributed by atoms with Crippen molar-refractivity contribution < 1.29 is 4.79 Å². The van der Waals surface area contributed by atoms with E-state index in [2.05, 4.69) is 10.3 Å². The van der Waals surface area contributed by atoms with Crippen molar-refractivity contribution in [2.75, 3.05) is 5.32 Å². The van der Waals surface area contributed by atoms with Crippen LogP contribution in [0, 0.1) is 13.8 Å². The summed E-state index contributed by atoms with van der Waals surface area (Å²) in [6.07, 6.45) is 3.59. The van der Waals surface area contributed by atoms with Gasteiger partial charge in [0, 0.05) is 21.6 Å². The maximum absolute atomic E-state index is 12.8. The first-order valence-electron chi connectivity index (χ1n) is 8.03. The molecule has 0 bridgehead atoms. The van der Waals surface area contributed by atoms with Gasteiger partial charge in [-0.25, -0.2) is 4.98 Å². The summed E-state index contributed by atoms with van der Waals surface area (Å²) in [4.78, 5) is 30.7. The van der Waals surface area contributed by atoms with Crippen molar-refractivity contribution in [1.29, 1.82) is 0 Å². The van der Waals surface area contributed by atoms with Gasteiger partial charge in [-0.2, -0.15) is 0 Å². The zero-order chi connectivity index (χ0) is 17.7. The van der Waals surface area contributed by atoms with Gasteiger partial charge >= 0.3 is 0 Å². The van der Waals surface area contributed by atoms with E-state index in [0.717, 1.165) is 23.3 Å². The number of benzene rings is 1. The van der Waals surface area contributed by atoms with Crippen LogP contribution >= 0.6 is 22.9 Å². The molecule has 2 aromatic heterocycles. The van der Waals surface area contributed by atoms with Crippen LogP contribution in [0.4, 0.5) is 5.69 Å². The van der Waals surface area contributed by atoms with Crippen LogP contribution in [0.15, 0.2) is 29.3 Å². The van der Waals surface area contributed by atoms with E-state index in [1.807, 2.05) is 19.9 Å². The molecule has 0 radical (unpaired) electrons. The number of rotatable bonds is 3. The number of anilines is 1. The molecule has 1 aliphatic rings. The normalized spacial score (nSPS) is 14.0. The van der Waals surface area contributed by atoms with Crippen molar-refractivity contribution in [3.05, 3.63) is 55.9 Å². The van der Waals surface area contributed by atoms with Gasteiger partial charge in [0.15, 0.2) is 0 Å². The maximum Gasteiger partial charge on any atom is 0.271 e. The topological polar surface area (TPSA) is 64.0 Å². The van der Waals surface area contributed by atoms with Gasteiger partial charge in [0.2, 0.25) is 0 Å². The minimum atomic E-state index is -0.273. The first-order valence-corrected chi connectivity index (χ1v) is 9.23. The quantitative estimate of drug-likeness (QED) is 0.743. The molecule has 1 fully saturated rings. The molecule has 0 spiro atoms. The van der Waals surface area contributed by atoms with Gasteiger partial charge in [-0.3, -0.25) is 14.2 Å². The zero-order valence-corrected chi connectivity index (χ0v) is 15.4. The highest BCUT2D eigenvalue weighted by Gasteiger charge is 2.27. The van der Waals surface area contributed by atoms with Crippen molar-refractivity contribution in [3.8, 4) is 0 Å². The van der Waals surface area contributed by atoms with Crippen molar-refractivity contribution in [1.82, 2.24) is 9.55 Å². The Morgan fingerprint density at radius 1 is 1.36 bits per heavy atom. The Bertz CT molecular complexity index is 1070. The SMILES string of the molecule is Cc1ccc(Cl)cc1NC(=O)c1c(C)sc2c(=O)n(C3CC3)cnc12. The molecule has 25 heavy (non-hydrogen) atoms. The number of nitrogens with zero attached hydrogens (tertiary/aromatic N) is 2. The van der Waals surface area contributed by atoms with Crippen LogP contribution in [-0.4, -0.2) is 15.5 Å². The molecule has 3 aromatic rings. The third-order valence-electron chi connectivity index (χ3n) is 4.41. The van der Waals surface area contributed by atoms with Crippen LogP contribution in [0.25, 0.3) is 10.2 Å². The van der Waals surface area contributed by atoms with E-state index in [4.69, 9.17) is 11.6 Å². The molecule has 0 unspecified atom stereocenters. The fourth-order valence-corrected chi connectivity index (χ4v) is 4.10. The lowest BCUT2D eigenvalue weighted by Gasteiger charge is -2.09. The Morgan fingerprint density at radius 3 is 2.84 bits per heavy atom. The number of fused-ring (bicyclic) bond motifs is 1. The number of aryl methyl sites for hydroxylation is 2. The predicted molar refractivity (Wildman–Crippen MR) is 101 cm³/mol. The second-order valence-electron chi connectivity index (χ2n) is 6.31. The van der Waals surface area contributed by atoms with E-state index in [1.54, 1.807) is 23.0 Å². The first kappa shape index (κ1) is 16.3. The van der Waals surface area contributed by atoms with Gasteiger partial charge in [-0.1, -0.05) is 17.7 Å². The summed E-state index contributed by atoms with van der Waals surface area (Å²) < 4.78 is 2.22. The number of hydrogen-bond acceptors (Lipinski definition) is 4. The van der Waals surface area contributed by atoms with E-state index in [0.29, 0.717) is 26.5 Å². The smallest absolute Gasteiger partial charge is 0.271 e. The number of carbonyl (C=O) groups excluding carboxylic acids is 1. The van der Waals surface area contributed by atoms with Crippen LogP contribution in [0.5, 0.6) is 0 Å². The summed E-state index contributed by atoms with van der Waals surface area (Å²) in [5, 5.41) is 3.44. The van der Waals surface area contributed by atoms with E-state index >= 15 is 0 Å². The van der Waals surface area contributed by atoms with Crippen molar-refractivity contribution in [3.63, 3.8) is 0 Å². The molecule has 5 nitrogen and oxygen atoms in total. The molecule has 1 aromatic carbocycles. The summed E-state index contributed by atoms with van der Waals surface area (Å²) in [5.41, 5.74) is 2.45.